The van der Waals surface area contributed by atoms with Crippen molar-refractivity contribution in [3.05, 3.63) is 0 Å². The molecule has 0 bridgehead atoms. The molecule has 106 valence electrons. The van der Waals surface area contributed by atoms with Crippen LogP contribution in [0.4, 0.5) is 0 Å². The fraction of sp³-hybridized carbons (Fsp3) is 0.857. The zero-order valence-electron chi connectivity index (χ0n) is 12.5. The summed E-state index contributed by atoms with van der Waals surface area (Å²) in [7, 11) is 0. The minimum absolute atomic E-state index is 0.0836. The largest absolute Gasteiger partial charge is 0.392 e. The first-order valence-electron chi connectivity index (χ1n) is 6.96. The number of rotatable bonds is 8. The molecular formula is C14H28N2OS. The van der Waals surface area contributed by atoms with Crippen LogP contribution in [0.1, 0.15) is 60.3 Å². The SMILES string of the molecule is CCCCN(C(=O)C(C)(CC)C(N)=S)C(C)CC. The molecule has 0 spiro atoms. The van der Waals surface area contributed by atoms with Crippen LogP contribution in [0.15, 0.2) is 0 Å². The second kappa shape index (κ2) is 7.72. The Morgan fingerprint density at radius 1 is 1.39 bits per heavy atom. The highest BCUT2D eigenvalue weighted by molar-refractivity contribution is 7.80. The first-order valence-corrected chi connectivity index (χ1v) is 7.36. The van der Waals surface area contributed by atoms with Gasteiger partial charge in [-0.2, -0.15) is 0 Å². The van der Waals surface area contributed by atoms with Crippen LogP contribution in [0.2, 0.25) is 0 Å². The lowest BCUT2D eigenvalue weighted by Crippen LogP contribution is -2.51. The van der Waals surface area contributed by atoms with E-state index in [1.807, 2.05) is 18.7 Å². The quantitative estimate of drug-likeness (QED) is 0.691. The molecule has 2 unspecified atom stereocenters. The Kier molecular flexibility index (Phi) is 7.45. The average molecular weight is 272 g/mol. The highest BCUT2D eigenvalue weighted by atomic mass is 32.1. The zero-order chi connectivity index (χ0) is 14.3. The van der Waals surface area contributed by atoms with Crippen molar-refractivity contribution < 1.29 is 4.79 Å². The topological polar surface area (TPSA) is 46.3 Å². The molecule has 18 heavy (non-hydrogen) atoms. The monoisotopic (exact) mass is 272 g/mol. The third kappa shape index (κ3) is 3.94. The van der Waals surface area contributed by atoms with Gasteiger partial charge in [-0.15, -0.1) is 0 Å². The standard InChI is InChI=1S/C14H28N2OS/c1-6-9-10-16(11(4)7-2)13(17)14(5,8-3)12(15)18/h11H,6-10H2,1-5H3,(H2,15,18). The molecule has 0 fully saturated rings. The molecule has 0 radical (unpaired) electrons. The van der Waals surface area contributed by atoms with Crippen LogP contribution in [-0.4, -0.2) is 28.4 Å². The predicted octanol–water partition coefficient (Wildman–Crippen LogP) is 3.12. The average Bonchev–Trinajstić information content (AvgIpc) is 2.36. The Hall–Kier alpha value is -0.640. The van der Waals surface area contributed by atoms with E-state index in [1.165, 1.54) is 0 Å². The van der Waals surface area contributed by atoms with E-state index >= 15 is 0 Å². The van der Waals surface area contributed by atoms with Crippen LogP contribution in [0.5, 0.6) is 0 Å². The first-order chi connectivity index (χ1) is 8.34. The molecule has 4 heteroatoms. The fourth-order valence-corrected chi connectivity index (χ4v) is 2.05. The van der Waals surface area contributed by atoms with Gasteiger partial charge < -0.3 is 10.6 Å². The van der Waals surface area contributed by atoms with Crippen LogP contribution < -0.4 is 5.73 Å². The summed E-state index contributed by atoms with van der Waals surface area (Å²) in [4.78, 5) is 15.0. The van der Waals surface area contributed by atoms with Gasteiger partial charge in [-0.25, -0.2) is 0 Å². The van der Waals surface area contributed by atoms with Gasteiger partial charge in [0.2, 0.25) is 5.91 Å². The summed E-state index contributed by atoms with van der Waals surface area (Å²) in [5.41, 5.74) is 5.07. The lowest BCUT2D eigenvalue weighted by atomic mass is 9.85. The van der Waals surface area contributed by atoms with E-state index < -0.39 is 5.41 Å². The van der Waals surface area contributed by atoms with Crippen LogP contribution in [0.25, 0.3) is 0 Å². The number of hydrogen-bond donors (Lipinski definition) is 1. The van der Waals surface area contributed by atoms with E-state index in [0.29, 0.717) is 11.4 Å². The molecule has 0 aromatic carbocycles. The molecule has 0 aliphatic heterocycles. The first kappa shape index (κ1) is 17.4. The van der Waals surface area contributed by atoms with Gasteiger partial charge in [-0.1, -0.05) is 39.4 Å². The van der Waals surface area contributed by atoms with E-state index in [9.17, 15) is 4.79 Å². The summed E-state index contributed by atoms with van der Waals surface area (Å²) >= 11 is 5.09. The number of carbonyl (C=O) groups is 1. The molecule has 0 saturated heterocycles. The van der Waals surface area contributed by atoms with Crippen molar-refractivity contribution in [3.63, 3.8) is 0 Å². The van der Waals surface area contributed by atoms with Gasteiger partial charge >= 0.3 is 0 Å². The Morgan fingerprint density at radius 3 is 2.28 bits per heavy atom. The van der Waals surface area contributed by atoms with E-state index in [4.69, 9.17) is 18.0 Å². The number of unbranched alkanes of at least 4 members (excludes halogenated alkanes) is 1. The van der Waals surface area contributed by atoms with Gasteiger partial charge in [-0.3, -0.25) is 4.79 Å². The Morgan fingerprint density at radius 2 is 1.94 bits per heavy atom. The summed E-state index contributed by atoms with van der Waals surface area (Å²) in [6.45, 7) is 10.9. The molecule has 2 atom stereocenters. The summed E-state index contributed by atoms with van der Waals surface area (Å²) in [5.74, 6) is 0.0836. The van der Waals surface area contributed by atoms with Gasteiger partial charge in [0.1, 0.15) is 0 Å². The van der Waals surface area contributed by atoms with Crippen molar-refractivity contribution in [1.82, 2.24) is 4.90 Å². The van der Waals surface area contributed by atoms with Crippen molar-refractivity contribution in [2.24, 2.45) is 11.1 Å². The normalized spacial score (nSPS) is 15.8. The lowest BCUT2D eigenvalue weighted by molar-refractivity contribution is -0.140. The Labute approximate surface area is 117 Å². The predicted molar refractivity (Wildman–Crippen MR) is 81.6 cm³/mol. The third-order valence-electron chi connectivity index (χ3n) is 3.86. The van der Waals surface area contributed by atoms with Crippen molar-refractivity contribution in [2.45, 2.75) is 66.3 Å². The smallest absolute Gasteiger partial charge is 0.235 e. The highest BCUT2D eigenvalue weighted by Gasteiger charge is 2.38. The van der Waals surface area contributed by atoms with Gasteiger partial charge in [0.15, 0.2) is 0 Å². The number of carbonyl (C=O) groups excluding carboxylic acids is 1. The van der Waals surface area contributed by atoms with Crippen molar-refractivity contribution in [3.8, 4) is 0 Å². The molecule has 0 aliphatic carbocycles. The van der Waals surface area contributed by atoms with Gasteiger partial charge in [-0.05, 0) is 33.1 Å². The molecular weight excluding hydrogens is 244 g/mol. The zero-order valence-corrected chi connectivity index (χ0v) is 13.3. The maximum atomic E-state index is 12.7. The van der Waals surface area contributed by atoms with E-state index in [1.54, 1.807) is 0 Å². The maximum absolute atomic E-state index is 12.7. The molecule has 0 heterocycles. The molecule has 3 nitrogen and oxygen atoms in total. The molecule has 1 amide bonds. The van der Waals surface area contributed by atoms with E-state index in [-0.39, 0.29) is 11.9 Å². The molecule has 0 saturated carbocycles. The van der Waals surface area contributed by atoms with Crippen molar-refractivity contribution in [1.29, 1.82) is 0 Å². The number of amides is 1. The molecule has 2 N–H and O–H groups in total. The van der Waals surface area contributed by atoms with E-state index in [0.717, 1.165) is 25.8 Å². The summed E-state index contributed by atoms with van der Waals surface area (Å²) in [5, 5.41) is 0. The van der Waals surface area contributed by atoms with Crippen LogP contribution in [-0.2, 0) is 4.79 Å². The van der Waals surface area contributed by atoms with Crippen molar-refractivity contribution in [2.75, 3.05) is 6.54 Å². The summed E-state index contributed by atoms with van der Waals surface area (Å²) < 4.78 is 0. The molecule has 0 aliphatic rings. The number of nitrogens with two attached hydrogens (primary N) is 1. The lowest BCUT2D eigenvalue weighted by Gasteiger charge is -2.36. The number of thiocarbonyl (C=S) groups is 1. The fourth-order valence-electron chi connectivity index (χ4n) is 1.82. The second-order valence-electron chi connectivity index (χ2n) is 5.16. The van der Waals surface area contributed by atoms with E-state index in [2.05, 4.69) is 20.8 Å². The van der Waals surface area contributed by atoms with Gasteiger partial charge in [0.05, 0.1) is 10.4 Å². The minimum Gasteiger partial charge on any atom is -0.392 e. The summed E-state index contributed by atoms with van der Waals surface area (Å²) in [6, 6.07) is 0.240. The highest BCUT2D eigenvalue weighted by Crippen LogP contribution is 2.26. The molecule has 0 aromatic heterocycles. The number of hydrogen-bond acceptors (Lipinski definition) is 2. The maximum Gasteiger partial charge on any atom is 0.235 e. The molecule has 0 aromatic rings. The minimum atomic E-state index is -0.702. The van der Waals surface area contributed by atoms with Crippen molar-refractivity contribution >= 4 is 23.1 Å². The second-order valence-corrected chi connectivity index (χ2v) is 5.60. The summed E-state index contributed by atoms with van der Waals surface area (Å²) in [6.07, 6.45) is 3.70. The third-order valence-corrected chi connectivity index (χ3v) is 4.31. The number of nitrogens with zero attached hydrogens (tertiary/aromatic N) is 1. The van der Waals surface area contributed by atoms with Gasteiger partial charge in [0, 0.05) is 12.6 Å². The van der Waals surface area contributed by atoms with Crippen LogP contribution in [0.3, 0.4) is 0 Å². The van der Waals surface area contributed by atoms with Gasteiger partial charge in [0.25, 0.3) is 0 Å². The Bertz CT molecular complexity index is 294. The van der Waals surface area contributed by atoms with Crippen LogP contribution >= 0.6 is 12.2 Å². The Balaban J connectivity index is 5.09. The van der Waals surface area contributed by atoms with Crippen LogP contribution in [0, 0.1) is 5.41 Å². The molecule has 0 rings (SSSR count).